The molecule has 0 unspecified atom stereocenters. The van der Waals surface area contributed by atoms with Gasteiger partial charge in [0.05, 0.1) is 17.9 Å². The van der Waals surface area contributed by atoms with E-state index >= 15 is 0 Å². The zero-order valence-electron chi connectivity index (χ0n) is 10.7. The van der Waals surface area contributed by atoms with Crippen LogP contribution >= 0.6 is 11.3 Å². The van der Waals surface area contributed by atoms with Gasteiger partial charge in [0.15, 0.2) is 0 Å². The molecule has 1 saturated heterocycles. The zero-order chi connectivity index (χ0) is 13.2. The van der Waals surface area contributed by atoms with E-state index in [9.17, 15) is 4.79 Å². The lowest BCUT2D eigenvalue weighted by atomic mass is 10.1. The topological polar surface area (TPSA) is 46.1 Å². The fourth-order valence-corrected chi connectivity index (χ4v) is 3.18. The molecule has 1 aliphatic heterocycles. The summed E-state index contributed by atoms with van der Waals surface area (Å²) in [5.74, 6) is -0.0128. The summed E-state index contributed by atoms with van der Waals surface area (Å²) in [6, 6.07) is 2.30. The lowest BCUT2D eigenvalue weighted by Gasteiger charge is -2.23. The minimum Gasteiger partial charge on any atom is -0.330 e. The first-order valence-corrected chi connectivity index (χ1v) is 7.31. The first-order valence-electron chi connectivity index (χ1n) is 6.37. The van der Waals surface area contributed by atoms with Crippen molar-refractivity contribution in [3.05, 3.63) is 46.2 Å². The summed E-state index contributed by atoms with van der Waals surface area (Å²) in [6.45, 7) is 2.67. The zero-order valence-corrected chi connectivity index (χ0v) is 11.6. The van der Waals surface area contributed by atoms with E-state index in [0.717, 1.165) is 25.1 Å². The van der Waals surface area contributed by atoms with Crippen LogP contribution in [0.15, 0.2) is 29.2 Å². The lowest BCUT2D eigenvalue weighted by molar-refractivity contribution is 0.0729. The van der Waals surface area contributed by atoms with E-state index in [-0.39, 0.29) is 11.9 Å². The molecular formula is C14H15N3OS. The standard InChI is InChI=1S/C14H15N3OS/c1-10-7-16-12(8-15-10)14(18)17-5-2-3-13(17)11-4-6-19-9-11/h4,6-9,13H,2-3,5H2,1H3/t13-/m0/s1. The van der Waals surface area contributed by atoms with Crippen molar-refractivity contribution in [3.63, 3.8) is 0 Å². The normalized spacial score (nSPS) is 18.8. The number of likely N-dealkylation sites (tertiary alicyclic amines) is 1. The third kappa shape index (κ3) is 2.38. The average molecular weight is 273 g/mol. The Kier molecular flexibility index (Phi) is 3.29. The molecule has 2 aromatic heterocycles. The van der Waals surface area contributed by atoms with Crippen LogP contribution in [0.1, 0.15) is 40.6 Å². The molecule has 5 heteroatoms. The monoisotopic (exact) mass is 273 g/mol. The molecule has 4 nitrogen and oxygen atoms in total. The van der Waals surface area contributed by atoms with Crippen LogP contribution in [-0.2, 0) is 0 Å². The number of nitrogens with zero attached hydrogens (tertiary/aromatic N) is 3. The van der Waals surface area contributed by atoms with Crippen LogP contribution in [0.3, 0.4) is 0 Å². The van der Waals surface area contributed by atoms with Gasteiger partial charge in [0, 0.05) is 12.7 Å². The van der Waals surface area contributed by atoms with Gasteiger partial charge >= 0.3 is 0 Å². The number of aryl methyl sites for hydroxylation is 1. The summed E-state index contributed by atoms with van der Waals surface area (Å²) in [7, 11) is 0. The molecule has 0 N–H and O–H groups in total. The molecule has 19 heavy (non-hydrogen) atoms. The minimum atomic E-state index is -0.0128. The van der Waals surface area contributed by atoms with Crippen molar-refractivity contribution in [2.24, 2.45) is 0 Å². The molecule has 98 valence electrons. The molecule has 0 bridgehead atoms. The van der Waals surface area contributed by atoms with Crippen LogP contribution in [0.4, 0.5) is 0 Å². The molecule has 0 radical (unpaired) electrons. The SMILES string of the molecule is Cc1cnc(C(=O)N2CCC[C@H]2c2ccsc2)cn1. The Morgan fingerprint density at radius 3 is 3.00 bits per heavy atom. The lowest BCUT2D eigenvalue weighted by Crippen LogP contribution is -2.31. The van der Waals surface area contributed by atoms with Gasteiger partial charge in [-0.25, -0.2) is 4.98 Å². The molecule has 0 saturated carbocycles. The van der Waals surface area contributed by atoms with E-state index in [1.54, 1.807) is 23.7 Å². The van der Waals surface area contributed by atoms with Crippen LogP contribution in [0.25, 0.3) is 0 Å². The average Bonchev–Trinajstić information content (AvgIpc) is 3.09. The maximum atomic E-state index is 12.5. The number of aromatic nitrogens is 2. The largest absolute Gasteiger partial charge is 0.330 e. The number of carbonyl (C=O) groups excluding carboxylic acids is 1. The summed E-state index contributed by atoms with van der Waals surface area (Å²) < 4.78 is 0. The molecule has 0 spiro atoms. The summed E-state index contributed by atoms with van der Waals surface area (Å²) in [4.78, 5) is 22.7. The molecule has 3 heterocycles. The first-order chi connectivity index (χ1) is 9.25. The van der Waals surface area contributed by atoms with E-state index in [0.29, 0.717) is 5.69 Å². The van der Waals surface area contributed by atoms with Gasteiger partial charge in [-0.3, -0.25) is 9.78 Å². The van der Waals surface area contributed by atoms with E-state index in [2.05, 4.69) is 26.8 Å². The van der Waals surface area contributed by atoms with Crippen molar-refractivity contribution >= 4 is 17.2 Å². The van der Waals surface area contributed by atoms with Gasteiger partial charge in [0.1, 0.15) is 5.69 Å². The Bertz CT molecular complexity index is 565. The number of hydrogen-bond acceptors (Lipinski definition) is 4. The van der Waals surface area contributed by atoms with Crippen molar-refractivity contribution in [2.75, 3.05) is 6.54 Å². The highest BCUT2D eigenvalue weighted by atomic mass is 32.1. The highest BCUT2D eigenvalue weighted by Crippen LogP contribution is 2.33. The molecule has 1 fully saturated rings. The van der Waals surface area contributed by atoms with E-state index in [1.165, 1.54) is 5.56 Å². The van der Waals surface area contributed by atoms with Crippen LogP contribution in [0.2, 0.25) is 0 Å². The fraction of sp³-hybridized carbons (Fsp3) is 0.357. The fourth-order valence-electron chi connectivity index (χ4n) is 2.47. The Morgan fingerprint density at radius 1 is 1.42 bits per heavy atom. The first kappa shape index (κ1) is 12.3. The van der Waals surface area contributed by atoms with Crippen molar-refractivity contribution in [2.45, 2.75) is 25.8 Å². The summed E-state index contributed by atoms with van der Waals surface area (Å²) in [6.07, 6.45) is 5.29. The molecule has 0 aromatic carbocycles. The molecular weight excluding hydrogens is 258 g/mol. The van der Waals surface area contributed by atoms with Crippen molar-refractivity contribution in [3.8, 4) is 0 Å². The van der Waals surface area contributed by atoms with Crippen LogP contribution < -0.4 is 0 Å². The molecule has 1 atom stereocenters. The third-order valence-electron chi connectivity index (χ3n) is 3.44. The van der Waals surface area contributed by atoms with E-state index in [1.807, 2.05) is 11.8 Å². The number of thiophene rings is 1. The second-order valence-electron chi connectivity index (χ2n) is 4.76. The van der Waals surface area contributed by atoms with Gasteiger partial charge < -0.3 is 4.90 Å². The van der Waals surface area contributed by atoms with Gasteiger partial charge in [-0.1, -0.05) is 0 Å². The molecule has 0 aliphatic carbocycles. The van der Waals surface area contributed by atoms with Crippen molar-refractivity contribution in [1.82, 2.24) is 14.9 Å². The minimum absolute atomic E-state index is 0.0128. The molecule has 1 amide bonds. The number of carbonyl (C=O) groups is 1. The predicted molar refractivity (Wildman–Crippen MR) is 74.1 cm³/mol. The summed E-state index contributed by atoms with van der Waals surface area (Å²) in [5, 5.41) is 4.18. The second-order valence-corrected chi connectivity index (χ2v) is 5.54. The van der Waals surface area contributed by atoms with Crippen LogP contribution in [0, 0.1) is 6.92 Å². The van der Waals surface area contributed by atoms with Gasteiger partial charge in [-0.15, -0.1) is 0 Å². The van der Waals surface area contributed by atoms with Gasteiger partial charge in [-0.05, 0) is 42.2 Å². The van der Waals surface area contributed by atoms with E-state index < -0.39 is 0 Å². The quantitative estimate of drug-likeness (QED) is 0.845. The van der Waals surface area contributed by atoms with Crippen molar-refractivity contribution < 1.29 is 4.79 Å². The highest BCUT2D eigenvalue weighted by molar-refractivity contribution is 7.07. The Labute approximate surface area is 116 Å². The highest BCUT2D eigenvalue weighted by Gasteiger charge is 2.31. The Hall–Kier alpha value is -1.75. The summed E-state index contributed by atoms with van der Waals surface area (Å²) >= 11 is 1.67. The molecule has 3 rings (SSSR count). The summed E-state index contributed by atoms with van der Waals surface area (Å²) in [5.41, 5.74) is 2.50. The number of amides is 1. The number of hydrogen-bond donors (Lipinski definition) is 0. The second kappa shape index (κ2) is 5.09. The van der Waals surface area contributed by atoms with Crippen molar-refractivity contribution in [1.29, 1.82) is 0 Å². The maximum Gasteiger partial charge on any atom is 0.274 e. The molecule has 1 aliphatic rings. The Morgan fingerprint density at radius 2 is 2.32 bits per heavy atom. The maximum absolute atomic E-state index is 12.5. The van der Waals surface area contributed by atoms with Gasteiger partial charge in [0.25, 0.3) is 5.91 Å². The smallest absolute Gasteiger partial charge is 0.274 e. The molecule has 2 aromatic rings. The van der Waals surface area contributed by atoms with E-state index in [4.69, 9.17) is 0 Å². The van der Waals surface area contributed by atoms with Crippen LogP contribution in [-0.4, -0.2) is 27.3 Å². The third-order valence-corrected chi connectivity index (χ3v) is 4.14. The number of rotatable bonds is 2. The Balaban J connectivity index is 1.84. The predicted octanol–water partition coefficient (Wildman–Crippen LogP) is 2.82. The van der Waals surface area contributed by atoms with Gasteiger partial charge in [-0.2, -0.15) is 11.3 Å². The van der Waals surface area contributed by atoms with Crippen LogP contribution in [0.5, 0.6) is 0 Å². The van der Waals surface area contributed by atoms with Gasteiger partial charge in [0.2, 0.25) is 0 Å².